The van der Waals surface area contributed by atoms with Crippen LogP contribution >= 0.6 is 0 Å². The van der Waals surface area contributed by atoms with Crippen LogP contribution in [0.15, 0.2) is 67.3 Å². The van der Waals surface area contributed by atoms with Gasteiger partial charge in [0.05, 0.1) is 0 Å². The molecule has 1 saturated heterocycles. The molecule has 0 unspecified atom stereocenters. The van der Waals surface area contributed by atoms with Crippen LogP contribution in [0.25, 0.3) is 0 Å². The highest BCUT2D eigenvalue weighted by Gasteiger charge is 2.25. The number of ether oxygens (including phenoxy) is 1. The molecule has 0 amide bonds. The third-order valence-electron chi connectivity index (χ3n) is 5.25. The van der Waals surface area contributed by atoms with Crippen LogP contribution in [0.2, 0.25) is 0 Å². The van der Waals surface area contributed by atoms with Gasteiger partial charge in [0.1, 0.15) is 57.7 Å². The molecule has 3 rings (SSSR count). The maximum absolute atomic E-state index is 10.4. The van der Waals surface area contributed by atoms with Crippen molar-refractivity contribution in [3.8, 4) is 5.75 Å². The van der Waals surface area contributed by atoms with Crippen LogP contribution < -0.4 is 14.5 Å². The van der Waals surface area contributed by atoms with Gasteiger partial charge in [-0.05, 0) is 18.1 Å². The van der Waals surface area contributed by atoms with Gasteiger partial charge in [-0.2, -0.15) is 0 Å². The molecule has 1 aliphatic rings. The summed E-state index contributed by atoms with van der Waals surface area (Å²) >= 11 is 0. The molecule has 27 heavy (non-hydrogen) atoms. The molecule has 4 nitrogen and oxygen atoms in total. The largest absolute Gasteiger partial charge is 0.490 e. The highest BCUT2D eigenvalue weighted by Crippen LogP contribution is 2.18. The van der Waals surface area contributed by atoms with Gasteiger partial charge in [0, 0.05) is 5.56 Å². The lowest BCUT2D eigenvalue weighted by molar-refractivity contribution is -1.02. The zero-order valence-corrected chi connectivity index (χ0v) is 16.1. The monoisotopic (exact) mass is 368 g/mol. The fourth-order valence-corrected chi connectivity index (χ4v) is 3.77. The molecule has 1 fully saturated rings. The molecule has 0 saturated carbocycles. The van der Waals surface area contributed by atoms with Crippen LogP contribution in [0, 0.1) is 0 Å². The van der Waals surface area contributed by atoms with E-state index in [0.717, 1.165) is 57.0 Å². The number of aliphatic hydroxyl groups excluding tert-OH is 1. The van der Waals surface area contributed by atoms with E-state index in [9.17, 15) is 5.11 Å². The third kappa shape index (κ3) is 6.21. The van der Waals surface area contributed by atoms with E-state index in [1.807, 2.05) is 30.3 Å². The van der Waals surface area contributed by atoms with Gasteiger partial charge < -0.3 is 19.6 Å². The van der Waals surface area contributed by atoms with Gasteiger partial charge in [-0.15, -0.1) is 6.58 Å². The topological polar surface area (TPSA) is 38.3 Å². The zero-order valence-electron chi connectivity index (χ0n) is 16.1. The number of hydrogen-bond acceptors (Lipinski definition) is 2. The molecule has 0 radical (unpaired) electrons. The minimum Gasteiger partial charge on any atom is -0.490 e. The SMILES string of the molecule is C=CCc1ccccc1OC[C@H](O)C[NH+]1CC[NH+](Cc2ccccc2)CC1. The van der Waals surface area contributed by atoms with Crippen molar-refractivity contribution in [1.82, 2.24) is 0 Å². The molecule has 0 aliphatic carbocycles. The number of para-hydroxylation sites is 1. The summed E-state index contributed by atoms with van der Waals surface area (Å²) in [5, 5.41) is 10.4. The van der Waals surface area contributed by atoms with Gasteiger partial charge in [-0.1, -0.05) is 54.6 Å². The fraction of sp³-hybridized carbons (Fsp3) is 0.391. The van der Waals surface area contributed by atoms with Crippen molar-refractivity contribution in [3.05, 3.63) is 78.4 Å². The molecule has 0 spiro atoms. The van der Waals surface area contributed by atoms with Crippen molar-refractivity contribution in [2.75, 3.05) is 39.3 Å². The summed E-state index contributed by atoms with van der Waals surface area (Å²) in [6, 6.07) is 18.7. The fourth-order valence-electron chi connectivity index (χ4n) is 3.77. The number of allylic oxidation sites excluding steroid dienone is 1. The molecule has 1 atom stereocenters. The second kappa shape index (κ2) is 10.3. The van der Waals surface area contributed by atoms with Crippen molar-refractivity contribution in [2.45, 2.75) is 19.1 Å². The number of benzene rings is 2. The summed E-state index contributed by atoms with van der Waals surface area (Å²) in [5.74, 6) is 0.851. The molecule has 4 heteroatoms. The van der Waals surface area contributed by atoms with Crippen LogP contribution in [0.5, 0.6) is 5.75 Å². The Labute approximate surface area is 162 Å². The maximum atomic E-state index is 10.4. The quantitative estimate of drug-likeness (QED) is 0.551. The molecule has 1 aliphatic heterocycles. The molecular formula is C23H32N2O2+2. The van der Waals surface area contributed by atoms with Crippen LogP contribution in [0.4, 0.5) is 0 Å². The highest BCUT2D eigenvalue weighted by atomic mass is 16.5. The minimum absolute atomic E-state index is 0.345. The van der Waals surface area contributed by atoms with E-state index in [1.54, 1.807) is 4.90 Å². The standard InChI is InChI=1S/C23H30N2O2/c1-2-8-21-11-6-7-12-23(21)27-19-22(26)18-25-15-13-24(14-16-25)17-20-9-4-3-5-10-20/h2-7,9-12,22,26H,1,8,13-19H2/p+2/t22-/m1/s1. The molecule has 0 aromatic heterocycles. The molecule has 2 aromatic carbocycles. The third-order valence-corrected chi connectivity index (χ3v) is 5.25. The molecule has 1 heterocycles. The van der Waals surface area contributed by atoms with Crippen molar-refractivity contribution >= 4 is 0 Å². The van der Waals surface area contributed by atoms with E-state index in [1.165, 1.54) is 10.5 Å². The van der Waals surface area contributed by atoms with Crippen molar-refractivity contribution in [3.63, 3.8) is 0 Å². The number of rotatable bonds is 9. The molecule has 0 bridgehead atoms. The van der Waals surface area contributed by atoms with Crippen molar-refractivity contribution in [2.24, 2.45) is 0 Å². The summed E-state index contributed by atoms with van der Waals surface area (Å²) in [7, 11) is 0. The normalized spacial score (nSPS) is 20.8. The molecule has 2 aromatic rings. The second-order valence-electron chi connectivity index (χ2n) is 7.43. The summed E-state index contributed by atoms with van der Waals surface area (Å²) in [5.41, 5.74) is 2.52. The number of aliphatic hydroxyl groups is 1. The summed E-state index contributed by atoms with van der Waals surface area (Å²) < 4.78 is 5.88. The van der Waals surface area contributed by atoms with E-state index in [4.69, 9.17) is 4.74 Å². The number of hydrogen-bond donors (Lipinski definition) is 3. The molecular weight excluding hydrogens is 336 g/mol. The number of nitrogens with one attached hydrogen (secondary N) is 2. The van der Waals surface area contributed by atoms with Gasteiger partial charge in [-0.25, -0.2) is 0 Å². The predicted molar refractivity (Wildman–Crippen MR) is 108 cm³/mol. The lowest BCUT2D eigenvalue weighted by atomic mass is 10.1. The van der Waals surface area contributed by atoms with Gasteiger partial charge >= 0.3 is 0 Å². The van der Waals surface area contributed by atoms with E-state index < -0.39 is 6.10 Å². The maximum Gasteiger partial charge on any atom is 0.137 e. The van der Waals surface area contributed by atoms with Gasteiger partial charge in [0.2, 0.25) is 0 Å². The highest BCUT2D eigenvalue weighted by molar-refractivity contribution is 5.34. The summed E-state index contributed by atoms with van der Waals surface area (Å²) in [6.45, 7) is 10.5. The average molecular weight is 369 g/mol. The van der Waals surface area contributed by atoms with E-state index in [2.05, 4.69) is 36.9 Å². The Bertz CT molecular complexity index is 697. The van der Waals surface area contributed by atoms with E-state index >= 15 is 0 Å². The Morgan fingerprint density at radius 2 is 1.63 bits per heavy atom. The first-order chi connectivity index (χ1) is 13.2. The van der Waals surface area contributed by atoms with Gasteiger partial charge in [0.15, 0.2) is 0 Å². The van der Waals surface area contributed by atoms with Crippen LogP contribution in [0.1, 0.15) is 11.1 Å². The van der Waals surface area contributed by atoms with Crippen molar-refractivity contribution < 1.29 is 19.6 Å². The summed E-state index contributed by atoms with van der Waals surface area (Å²) in [6.07, 6.45) is 2.22. The van der Waals surface area contributed by atoms with Crippen LogP contribution in [-0.4, -0.2) is 50.5 Å². The Kier molecular flexibility index (Phi) is 7.45. The van der Waals surface area contributed by atoms with Crippen LogP contribution in [-0.2, 0) is 13.0 Å². The van der Waals surface area contributed by atoms with Crippen LogP contribution in [0.3, 0.4) is 0 Å². The predicted octanol–water partition coefficient (Wildman–Crippen LogP) is 0.138. The van der Waals surface area contributed by atoms with E-state index in [0.29, 0.717) is 6.61 Å². The lowest BCUT2D eigenvalue weighted by Gasteiger charge is -2.30. The first-order valence-corrected chi connectivity index (χ1v) is 9.95. The number of quaternary nitrogens is 2. The van der Waals surface area contributed by atoms with Gasteiger partial charge in [0.25, 0.3) is 0 Å². The Balaban J connectivity index is 1.39. The lowest BCUT2D eigenvalue weighted by Crippen LogP contribution is -3.28. The number of piperazine rings is 1. The first-order valence-electron chi connectivity index (χ1n) is 9.95. The van der Waals surface area contributed by atoms with E-state index in [-0.39, 0.29) is 0 Å². The minimum atomic E-state index is -0.438. The van der Waals surface area contributed by atoms with Gasteiger partial charge in [-0.3, -0.25) is 0 Å². The Morgan fingerprint density at radius 1 is 0.963 bits per heavy atom. The summed E-state index contributed by atoms with van der Waals surface area (Å²) in [4.78, 5) is 3.11. The molecule has 144 valence electrons. The second-order valence-corrected chi connectivity index (χ2v) is 7.43. The average Bonchev–Trinajstić information content (AvgIpc) is 2.70. The van der Waals surface area contributed by atoms with Crippen molar-refractivity contribution in [1.29, 1.82) is 0 Å². The zero-order chi connectivity index (χ0) is 18.9. The Hall–Kier alpha value is -2.14. The first kappa shape index (κ1) is 19.6. The smallest absolute Gasteiger partial charge is 0.137 e. The Morgan fingerprint density at radius 3 is 2.37 bits per heavy atom. The molecule has 3 N–H and O–H groups in total.